The minimum atomic E-state index is -4.05. The summed E-state index contributed by atoms with van der Waals surface area (Å²) in [5.41, 5.74) is 0.950. The molecule has 0 fully saturated rings. The van der Waals surface area contributed by atoms with E-state index in [4.69, 9.17) is 4.74 Å². The van der Waals surface area contributed by atoms with Crippen molar-refractivity contribution in [3.8, 4) is 5.75 Å². The molecule has 166 valence electrons. The monoisotopic (exact) mass is 488 g/mol. The molecular weight excluding hydrogens is 468 g/mol. The number of sulfonamides is 2. The van der Waals surface area contributed by atoms with Crippen LogP contribution in [0.1, 0.15) is 5.56 Å². The summed E-state index contributed by atoms with van der Waals surface area (Å²) in [6, 6.07) is 20.0. The van der Waals surface area contributed by atoms with E-state index >= 15 is 0 Å². The van der Waals surface area contributed by atoms with Gasteiger partial charge in [0.2, 0.25) is 0 Å². The van der Waals surface area contributed by atoms with Gasteiger partial charge in [-0.15, -0.1) is 11.3 Å². The van der Waals surface area contributed by atoms with Crippen molar-refractivity contribution >= 4 is 52.8 Å². The van der Waals surface area contributed by atoms with Crippen LogP contribution in [0.3, 0.4) is 0 Å². The fourth-order valence-corrected chi connectivity index (χ4v) is 6.95. The van der Waals surface area contributed by atoms with Gasteiger partial charge < -0.3 is 4.74 Å². The van der Waals surface area contributed by atoms with E-state index in [1.807, 2.05) is 24.3 Å². The molecule has 0 aliphatic rings. The third-order valence-electron chi connectivity index (χ3n) is 4.69. The van der Waals surface area contributed by atoms with Crippen molar-refractivity contribution in [1.82, 2.24) is 0 Å². The van der Waals surface area contributed by atoms with E-state index < -0.39 is 20.0 Å². The van der Waals surface area contributed by atoms with E-state index in [0.717, 1.165) is 27.0 Å². The average molecular weight is 489 g/mol. The SMILES string of the molecule is COc1ccc(C)cc1S(=O)(=O)Nc1ccccc1NS(=O)(=O)c1cc2ccccc2s1. The zero-order chi connectivity index (χ0) is 22.9. The van der Waals surface area contributed by atoms with Crippen LogP contribution in [-0.2, 0) is 20.0 Å². The minimum absolute atomic E-state index is 0.0397. The molecule has 0 radical (unpaired) electrons. The number of hydrogen-bond donors (Lipinski definition) is 2. The molecule has 10 heteroatoms. The van der Waals surface area contributed by atoms with Gasteiger partial charge in [-0.2, -0.15) is 0 Å². The van der Waals surface area contributed by atoms with Crippen molar-refractivity contribution < 1.29 is 21.6 Å². The van der Waals surface area contributed by atoms with Crippen LogP contribution in [0.4, 0.5) is 11.4 Å². The Balaban J connectivity index is 1.68. The molecule has 0 saturated carbocycles. The first-order chi connectivity index (χ1) is 15.2. The number of benzene rings is 3. The van der Waals surface area contributed by atoms with Crippen LogP contribution in [0.25, 0.3) is 10.1 Å². The standard InChI is InChI=1S/C22H20N2O5S3/c1-15-11-12-19(29-2)21(13-15)31(25,26)23-17-8-4-5-9-18(17)24-32(27,28)22-14-16-7-3-6-10-20(16)30-22/h3-14,23-24H,1-2H3. The normalized spacial score (nSPS) is 11.9. The van der Waals surface area contributed by atoms with Gasteiger partial charge in [0.1, 0.15) is 14.9 Å². The summed E-state index contributed by atoms with van der Waals surface area (Å²) in [6.45, 7) is 1.77. The molecule has 0 saturated heterocycles. The van der Waals surface area contributed by atoms with Gasteiger partial charge in [-0.1, -0.05) is 36.4 Å². The van der Waals surface area contributed by atoms with Crippen molar-refractivity contribution in [1.29, 1.82) is 0 Å². The molecule has 32 heavy (non-hydrogen) atoms. The fourth-order valence-electron chi connectivity index (χ4n) is 3.14. The number of methoxy groups -OCH3 is 1. The summed E-state index contributed by atoms with van der Waals surface area (Å²) in [5, 5.41) is 0.818. The lowest BCUT2D eigenvalue weighted by atomic mass is 10.2. The van der Waals surface area contributed by atoms with Gasteiger partial charge in [0, 0.05) is 4.70 Å². The Morgan fingerprint density at radius 3 is 2.06 bits per heavy atom. The molecule has 0 aliphatic carbocycles. The maximum atomic E-state index is 13.1. The molecule has 0 spiro atoms. The molecule has 4 aromatic rings. The third-order valence-corrected chi connectivity index (χ3v) is 9.03. The molecular formula is C22H20N2O5S3. The van der Waals surface area contributed by atoms with Crippen LogP contribution in [-0.4, -0.2) is 23.9 Å². The predicted molar refractivity (Wildman–Crippen MR) is 128 cm³/mol. The van der Waals surface area contributed by atoms with Crippen LogP contribution in [0.5, 0.6) is 5.75 Å². The number of anilines is 2. The summed E-state index contributed by atoms with van der Waals surface area (Å²) in [5.74, 6) is 0.187. The van der Waals surface area contributed by atoms with Crippen molar-refractivity contribution in [3.63, 3.8) is 0 Å². The van der Waals surface area contributed by atoms with E-state index in [-0.39, 0.29) is 26.2 Å². The van der Waals surface area contributed by atoms with Crippen molar-refractivity contribution in [2.24, 2.45) is 0 Å². The minimum Gasteiger partial charge on any atom is -0.495 e. The fraction of sp³-hybridized carbons (Fsp3) is 0.0909. The van der Waals surface area contributed by atoms with Gasteiger partial charge >= 0.3 is 0 Å². The van der Waals surface area contributed by atoms with Crippen LogP contribution >= 0.6 is 11.3 Å². The zero-order valence-electron chi connectivity index (χ0n) is 17.2. The van der Waals surface area contributed by atoms with Gasteiger partial charge in [0.15, 0.2) is 0 Å². The molecule has 3 aromatic carbocycles. The second kappa shape index (κ2) is 8.45. The predicted octanol–water partition coefficient (Wildman–Crippen LogP) is 4.82. The third kappa shape index (κ3) is 4.43. The van der Waals surface area contributed by atoms with E-state index in [2.05, 4.69) is 9.44 Å². The topological polar surface area (TPSA) is 102 Å². The molecule has 1 heterocycles. The summed E-state index contributed by atoms with van der Waals surface area (Å²) in [6.07, 6.45) is 0. The van der Waals surface area contributed by atoms with Gasteiger partial charge in [0.25, 0.3) is 20.0 Å². The molecule has 7 nitrogen and oxygen atoms in total. The molecule has 0 unspecified atom stereocenters. The molecule has 0 atom stereocenters. The molecule has 0 bridgehead atoms. The summed E-state index contributed by atoms with van der Waals surface area (Å²) < 4.78 is 63.3. The smallest absolute Gasteiger partial charge is 0.271 e. The van der Waals surface area contributed by atoms with E-state index in [9.17, 15) is 16.8 Å². The Hall–Kier alpha value is -3.08. The first-order valence-corrected chi connectivity index (χ1v) is 13.3. The lowest BCUT2D eigenvalue weighted by Crippen LogP contribution is -2.17. The maximum Gasteiger partial charge on any atom is 0.271 e. The lowest BCUT2D eigenvalue weighted by Gasteiger charge is -2.15. The van der Waals surface area contributed by atoms with E-state index in [1.54, 1.807) is 37.3 Å². The second-order valence-corrected chi connectivity index (χ2v) is 11.7. The highest BCUT2D eigenvalue weighted by molar-refractivity contribution is 7.95. The molecule has 4 rings (SSSR count). The van der Waals surface area contributed by atoms with Crippen LogP contribution in [0, 0.1) is 6.92 Å². The van der Waals surface area contributed by atoms with E-state index in [0.29, 0.717) is 0 Å². The van der Waals surface area contributed by atoms with Crippen molar-refractivity contribution in [3.05, 3.63) is 78.4 Å². The molecule has 2 N–H and O–H groups in total. The second-order valence-electron chi connectivity index (χ2n) is 7.01. The number of thiophene rings is 1. The van der Waals surface area contributed by atoms with Gasteiger partial charge in [-0.3, -0.25) is 9.44 Å². The van der Waals surface area contributed by atoms with E-state index in [1.165, 1.54) is 25.3 Å². The Bertz CT molecular complexity index is 1480. The number of nitrogens with one attached hydrogen (secondary N) is 2. The van der Waals surface area contributed by atoms with Crippen LogP contribution in [0.2, 0.25) is 0 Å². The lowest BCUT2D eigenvalue weighted by molar-refractivity contribution is 0.402. The number of fused-ring (bicyclic) bond motifs is 1. The summed E-state index contributed by atoms with van der Waals surface area (Å²) in [4.78, 5) is -0.0397. The molecule has 0 amide bonds. The van der Waals surface area contributed by atoms with Gasteiger partial charge in [-0.25, -0.2) is 16.8 Å². The van der Waals surface area contributed by atoms with Crippen LogP contribution in [0.15, 0.2) is 81.9 Å². The Morgan fingerprint density at radius 2 is 1.41 bits per heavy atom. The number of para-hydroxylation sites is 2. The highest BCUT2D eigenvalue weighted by atomic mass is 32.2. The highest BCUT2D eigenvalue weighted by Gasteiger charge is 2.23. The Labute approximate surface area is 190 Å². The quantitative estimate of drug-likeness (QED) is 0.388. The summed E-state index contributed by atoms with van der Waals surface area (Å²) in [7, 11) is -6.59. The Kier molecular flexibility index (Phi) is 5.85. The largest absolute Gasteiger partial charge is 0.495 e. The van der Waals surface area contributed by atoms with Crippen molar-refractivity contribution in [2.45, 2.75) is 16.0 Å². The molecule has 0 aliphatic heterocycles. The van der Waals surface area contributed by atoms with Gasteiger partial charge in [0.05, 0.1) is 18.5 Å². The average Bonchev–Trinajstić information content (AvgIpc) is 3.20. The maximum absolute atomic E-state index is 13.1. The van der Waals surface area contributed by atoms with Gasteiger partial charge in [-0.05, 0) is 54.3 Å². The van der Waals surface area contributed by atoms with Crippen molar-refractivity contribution in [2.75, 3.05) is 16.6 Å². The molecule has 1 aromatic heterocycles. The number of ether oxygens (including phenoxy) is 1. The highest BCUT2D eigenvalue weighted by Crippen LogP contribution is 2.33. The van der Waals surface area contributed by atoms with Crippen LogP contribution < -0.4 is 14.2 Å². The zero-order valence-corrected chi connectivity index (χ0v) is 19.6. The number of aryl methyl sites for hydroxylation is 1. The number of rotatable bonds is 7. The first-order valence-electron chi connectivity index (χ1n) is 9.47. The Morgan fingerprint density at radius 1 is 0.781 bits per heavy atom. The first kappa shape index (κ1) is 22.1. The number of hydrogen-bond acceptors (Lipinski definition) is 6. The summed E-state index contributed by atoms with van der Waals surface area (Å²) >= 11 is 1.14.